The molecule has 0 aromatic heterocycles. The Labute approximate surface area is 131 Å². The molecule has 21 heavy (non-hydrogen) atoms. The molecule has 1 aromatic carbocycles. The number of hydrogen-bond donors (Lipinski definition) is 1. The fourth-order valence-electron chi connectivity index (χ4n) is 2.16. The lowest BCUT2D eigenvalue weighted by molar-refractivity contribution is -0.132. The summed E-state index contributed by atoms with van der Waals surface area (Å²) in [6, 6.07) is 6.06. The SMILES string of the molecule is CCCNCc1cccc(Cl)c1OCC(=O)N(C)C1CC1. The Morgan fingerprint density at radius 1 is 1.48 bits per heavy atom. The summed E-state index contributed by atoms with van der Waals surface area (Å²) in [5.74, 6) is 0.616. The summed E-state index contributed by atoms with van der Waals surface area (Å²) in [6.07, 6.45) is 3.27. The number of benzene rings is 1. The summed E-state index contributed by atoms with van der Waals surface area (Å²) in [7, 11) is 1.83. The van der Waals surface area contributed by atoms with E-state index in [1.54, 1.807) is 11.0 Å². The molecule has 5 heteroatoms. The molecule has 1 aliphatic carbocycles. The number of amides is 1. The third-order valence-corrected chi connectivity index (χ3v) is 3.92. The van der Waals surface area contributed by atoms with Gasteiger partial charge in [-0.3, -0.25) is 4.79 Å². The van der Waals surface area contributed by atoms with E-state index in [1.807, 2.05) is 19.2 Å². The molecule has 116 valence electrons. The lowest BCUT2D eigenvalue weighted by Crippen LogP contribution is -2.33. The van der Waals surface area contributed by atoms with E-state index in [0.717, 1.165) is 31.4 Å². The van der Waals surface area contributed by atoms with E-state index in [1.165, 1.54) is 0 Å². The van der Waals surface area contributed by atoms with Gasteiger partial charge < -0.3 is 15.0 Å². The first-order chi connectivity index (χ1) is 10.1. The van der Waals surface area contributed by atoms with Gasteiger partial charge in [-0.1, -0.05) is 30.7 Å². The summed E-state index contributed by atoms with van der Waals surface area (Å²) in [5.41, 5.74) is 0.984. The van der Waals surface area contributed by atoms with E-state index in [0.29, 0.717) is 23.4 Å². The monoisotopic (exact) mass is 310 g/mol. The summed E-state index contributed by atoms with van der Waals surface area (Å²) in [6.45, 7) is 3.79. The van der Waals surface area contributed by atoms with Crippen LogP contribution in [0.3, 0.4) is 0 Å². The largest absolute Gasteiger partial charge is 0.482 e. The minimum absolute atomic E-state index is 0.00453. The Bertz CT molecular complexity index is 489. The van der Waals surface area contributed by atoms with Gasteiger partial charge in [0.25, 0.3) is 5.91 Å². The minimum Gasteiger partial charge on any atom is -0.482 e. The van der Waals surface area contributed by atoms with E-state index < -0.39 is 0 Å². The highest BCUT2D eigenvalue weighted by molar-refractivity contribution is 6.32. The van der Waals surface area contributed by atoms with Crippen molar-refractivity contribution in [1.29, 1.82) is 0 Å². The normalized spacial score (nSPS) is 14.0. The molecule has 0 heterocycles. The lowest BCUT2D eigenvalue weighted by atomic mass is 10.2. The van der Waals surface area contributed by atoms with Gasteiger partial charge in [0, 0.05) is 25.2 Å². The first-order valence-electron chi connectivity index (χ1n) is 7.50. The van der Waals surface area contributed by atoms with Crippen molar-refractivity contribution in [3.05, 3.63) is 28.8 Å². The number of hydrogen-bond acceptors (Lipinski definition) is 3. The number of halogens is 1. The van der Waals surface area contributed by atoms with Crippen LogP contribution in [0, 0.1) is 0 Å². The van der Waals surface area contributed by atoms with Crippen LogP contribution < -0.4 is 10.1 Å². The van der Waals surface area contributed by atoms with E-state index in [-0.39, 0.29) is 12.5 Å². The molecule has 1 fully saturated rings. The van der Waals surface area contributed by atoms with Crippen LogP contribution in [0.2, 0.25) is 5.02 Å². The average Bonchev–Trinajstić information content (AvgIpc) is 3.30. The van der Waals surface area contributed by atoms with Crippen molar-refractivity contribution in [3.63, 3.8) is 0 Å². The molecular formula is C16H23ClN2O2. The zero-order valence-electron chi connectivity index (χ0n) is 12.7. The molecule has 0 spiro atoms. The Kier molecular flexibility index (Phi) is 5.88. The zero-order valence-corrected chi connectivity index (χ0v) is 13.4. The quantitative estimate of drug-likeness (QED) is 0.751. The molecule has 0 unspecified atom stereocenters. The maximum absolute atomic E-state index is 12.0. The Morgan fingerprint density at radius 3 is 2.90 bits per heavy atom. The lowest BCUT2D eigenvalue weighted by Gasteiger charge is -2.18. The maximum Gasteiger partial charge on any atom is 0.260 e. The molecule has 0 aliphatic heterocycles. The van der Waals surface area contributed by atoms with Crippen molar-refractivity contribution in [1.82, 2.24) is 10.2 Å². The third-order valence-electron chi connectivity index (χ3n) is 3.62. The van der Waals surface area contributed by atoms with Gasteiger partial charge in [0.2, 0.25) is 0 Å². The summed E-state index contributed by atoms with van der Waals surface area (Å²) < 4.78 is 5.70. The fraction of sp³-hybridized carbons (Fsp3) is 0.562. The minimum atomic E-state index is 0.00453. The number of nitrogens with one attached hydrogen (secondary N) is 1. The second-order valence-corrected chi connectivity index (χ2v) is 5.84. The van der Waals surface area contributed by atoms with Gasteiger partial charge in [-0.15, -0.1) is 0 Å². The average molecular weight is 311 g/mol. The third kappa shape index (κ3) is 4.61. The summed E-state index contributed by atoms with van der Waals surface area (Å²) in [4.78, 5) is 13.8. The molecule has 0 radical (unpaired) electrons. The van der Waals surface area contributed by atoms with Crippen molar-refractivity contribution in [2.24, 2.45) is 0 Å². The molecule has 1 aliphatic rings. The number of carbonyl (C=O) groups is 1. The van der Waals surface area contributed by atoms with Gasteiger partial charge in [0.1, 0.15) is 5.75 Å². The van der Waals surface area contributed by atoms with E-state index in [9.17, 15) is 4.79 Å². The second kappa shape index (κ2) is 7.66. The first-order valence-corrected chi connectivity index (χ1v) is 7.87. The van der Waals surface area contributed by atoms with E-state index >= 15 is 0 Å². The first kappa shape index (κ1) is 16.1. The van der Waals surface area contributed by atoms with Crippen LogP contribution in [0.1, 0.15) is 31.7 Å². The van der Waals surface area contributed by atoms with Gasteiger partial charge >= 0.3 is 0 Å². The van der Waals surface area contributed by atoms with Crippen molar-refractivity contribution in [2.45, 2.75) is 38.8 Å². The van der Waals surface area contributed by atoms with Crippen molar-refractivity contribution < 1.29 is 9.53 Å². The van der Waals surface area contributed by atoms with Crippen LogP contribution >= 0.6 is 11.6 Å². The summed E-state index contributed by atoms with van der Waals surface area (Å²) >= 11 is 6.20. The molecular weight excluding hydrogens is 288 g/mol. The Morgan fingerprint density at radius 2 is 2.24 bits per heavy atom. The van der Waals surface area contributed by atoms with Crippen molar-refractivity contribution in [3.8, 4) is 5.75 Å². The van der Waals surface area contributed by atoms with Crippen molar-refractivity contribution >= 4 is 17.5 Å². The number of carbonyl (C=O) groups excluding carboxylic acids is 1. The number of nitrogens with zero attached hydrogens (tertiary/aromatic N) is 1. The molecule has 0 saturated heterocycles. The van der Waals surface area contributed by atoms with Gasteiger partial charge in [0.15, 0.2) is 6.61 Å². The highest BCUT2D eigenvalue weighted by Gasteiger charge is 2.29. The van der Waals surface area contributed by atoms with Crippen LogP contribution in [-0.4, -0.2) is 37.0 Å². The number of para-hydroxylation sites is 1. The van der Waals surface area contributed by atoms with Crippen LogP contribution in [0.4, 0.5) is 0 Å². The molecule has 4 nitrogen and oxygen atoms in total. The molecule has 0 atom stereocenters. The van der Waals surface area contributed by atoms with E-state index in [4.69, 9.17) is 16.3 Å². The highest BCUT2D eigenvalue weighted by Crippen LogP contribution is 2.29. The summed E-state index contributed by atoms with van der Waals surface area (Å²) in [5, 5.41) is 3.87. The molecule has 1 aromatic rings. The van der Waals surface area contributed by atoms with Gasteiger partial charge in [-0.25, -0.2) is 0 Å². The maximum atomic E-state index is 12.0. The van der Waals surface area contributed by atoms with Crippen LogP contribution in [0.25, 0.3) is 0 Å². The number of ether oxygens (including phenoxy) is 1. The van der Waals surface area contributed by atoms with Gasteiger partial charge in [-0.05, 0) is 31.9 Å². The molecule has 1 amide bonds. The number of rotatable bonds is 8. The predicted octanol–water partition coefficient (Wildman–Crippen LogP) is 2.84. The van der Waals surface area contributed by atoms with Crippen LogP contribution in [0.15, 0.2) is 18.2 Å². The Hall–Kier alpha value is -1.26. The number of likely N-dealkylation sites (N-methyl/N-ethyl adjacent to an activating group) is 1. The molecule has 1 saturated carbocycles. The van der Waals surface area contributed by atoms with Gasteiger partial charge in [-0.2, -0.15) is 0 Å². The second-order valence-electron chi connectivity index (χ2n) is 5.43. The smallest absolute Gasteiger partial charge is 0.260 e. The van der Waals surface area contributed by atoms with Crippen molar-refractivity contribution in [2.75, 3.05) is 20.2 Å². The molecule has 0 bridgehead atoms. The van der Waals surface area contributed by atoms with E-state index in [2.05, 4.69) is 12.2 Å². The van der Waals surface area contributed by atoms with Gasteiger partial charge in [0.05, 0.1) is 5.02 Å². The Balaban J connectivity index is 1.95. The van der Waals surface area contributed by atoms with Crippen LogP contribution in [-0.2, 0) is 11.3 Å². The zero-order chi connectivity index (χ0) is 15.2. The molecule has 2 rings (SSSR count). The molecule has 1 N–H and O–H groups in total. The van der Waals surface area contributed by atoms with Crippen LogP contribution in [0.5, 0.6) is 5.75 Å². The standard InChI is InChI=1S/C16H23ClN2O2/c1-3-9-18-10-12-5-4-6-14(17)16(12)21-11-15(20)19(2)13-7-8-13/h4-6,13,18H,3,7-11H2,1-2H3. The highest BCUT2D eigenvalue weighted by atomic mass is 35.5. The fourth-order valence-corrected chi connectivity index (χ4v) is 2.40. The topological polar surface area (TPSA) is 41.6 Å². The predicted molar refractivity (Wildman–Crippen MR) is 84.7 cm³/mol.